The Morgan fingerprint density at radius 3 is 2.02 bits per heavy atom. The second kappa shape index (κ2) is 16.2. The van der Waals surface area contributed by atoms with Gasteiger partial charge in [0.05, 0.1) is 25.8 Å². The average Bonchev–Trinajstić information content (AvgIpc) is 3.64. The fourth-order valence-corrected chi connectivity index (χ4v) is 7.28. The lowest BCUT2D eigenvalue weighted by molar-refractivity contribution is -0.928. The Labute approximate surface area is 296 Å². The number of carbonyl (C=O) groups is 1. The number of hydrogen-bond donors (Lipinski definition) is 1. The molecule has 1 atom stereocenters. The van der Waals surface area contributed by atoms with Crippen LogP contribution in [0.15, 0.2) is 115 Å². The number of fused-ring (bicyclic) bond motifs is 3. The molecule has 8 rings (SSSR count). The number of pyridine rings is 1. The molecule has 0 saturated carbocycles. The van der Waals surface area contributed by atoms with Crippen LogP contribution in [0.5, 0.6) is 0 Å². The van der Waals surface area contributed by atoms with Crippen molar-refractivity contribution in [2.75, 3.05) is 46.3 Å². The van der Waals surface area contributed by atoms with Crippen LogP contribution in [0.2, 0.25) is 0 Å². The number of likely N-dealkylation sites (N-methyl/N-ethyl adjacent to an activating group) is 1. The van der Waals surface area contributed by atoms with Crippen LogP contribution in [0.1, 0.15) is 53.6 Å². The van der Waals surface area contributed by atoms with Gasteiger partial charge in [-0.25, -0.2) is 4.79 Å². The number of rotatable bonds is 8. The summed E-state index contributed by atoms with van der Waals surface area (Å²) in [7, 11) is 2.23. The van der Waals surface area contributed by atoms with Crippen molar-refractivity contribution in [3.63, 3.8) is 0 Å². The molecule has 5 heterocycles. The van der Waals surface area contributed by atoms with E-state index in [4.69, 9.17) is 4.74 Å². The van der Waals surface area contributed by atoms with Crippen molar-refractivity contribution in [2.45, 2.75) is 44.3 Å². The Kier molecular flexibility index (Phi) is 12.0. The van der Waals surface area contributed by atoms with Crippen LogP contribution in [0.3, 0.4) is 0 Å². The number of nitrogens with zero attached hydrogens (tertiary/aromatic N) is 3. The summed E-state index contributed by atoms with van der Waals surface area (Å²) in [4.78, 5) is 20.3. The number of aliphatic hydroxyl groups is 1. The molecule has 0 radical (unpaired) electrons. The lowest BCUT2D eigenvalue weighted by Crippen LogP contribution is -3.00. The molecule has 1 unspecified atom stereocenters. The molecule has 4 saturated heterocycles. The number of carbonyl (C=O) groups excluding carboxylic acids is 1. The summed E-state index contributed by atoms with van der Waals surface area (Å²) in [6, 6.07) is 33.0. The van der Waals surface area contributed by atoms with Crippen LogP contribution in [-0.2, 0) is 15.1 Å². The van der Waals surface area contributed by atoms with Gasteiger partial charge in [0, 0.05) is 37.1 Å². The Morgan fingerprint density at radius 2 is 1.48 bits per heavy atom. The van der Waals surface area contributed by atoms with Crippen LogP contribution in [0.4, 0.5) is 0 Å². The molecular weight excluding hydrogens is 662 g/mol. The van der Waals surface area contributed by atoms with Crippen molar-refractivity contribution < 1.29 is 36.1 Å². The molecule has 252 valence electrons. The number of piperidine rings is 3. The smallest absolute Gasteiger partial charge is 0.348 e. The quantitative estimate of drug-likeness (QED) is 0.224. The molecule has 48 heavy (non-hydrogen) atoms. The Bertz CT molecular complexity index is 1580. The van der Waals surface area contributed by atoms with E-state index in [1.807, 2.05) is 48.7 Å². The lowest BCUT2D eigenvalue weighted by Gasteiger charge is -2.50. The summed E-state index contributed by atoms with van der Waals surface area (Å²) in [6.07, 6.45) is 8.92. The lowest BCUT2D eigenvalue weighted by atomic mass is 9.83. The number of esters is 1. The van der Waals surface area contributed by atoms with E-state index in [1.54, 1.807) is 24.3 Å². The molecular formula is C41H48BrN3O3. The van der Waals surface area contributed by atoms with Crippen molar-refractivity contribution in [1.82, 2.24) is 9.88 Å². The summed E-state index contributed by atoms with van der Waals surface area (Å²) >= 11 is 0. The van der Waals surface area contributed by atoms with Gasteiger partial charge in [-0.2, -0.15) is 0 Å². The standard InChI is InChI=1S/C22H26NO3.C19H22N2.BrH/c1-23-14-12-17(13-15-23)20(16-23)26-21(24)22(25,18-8-4-2-5-9-18)19-10-6-3-7-11-19;1-16-7-9-17(10-8-16)18(19-6-2-3-12-20-19)11-15-21-13-4-5-14-21;/h2-11,17,20,25H,12-16H2,1H3;2-3,6-12H,4-5,13-15H2,1H3;1H/q+1;;/p-1/b;18-11+;. The third-order valence-electron chi connectivity index (χ3n) is 10.2. The molecule has 6 nitrogen and oxygen atoms in total. The average molecular weight is 711 g/mol. The van der Waals surface area contributed by atoms with E-state index in [0.717, 1.165) is 49.2 Å². The van der Waals surface area contributed by atoms with Crippen molar-refractivity contribution in [3.05, 3.63) is 143 Å². The summed E-state index contributed by atoms with van der Waals surface area (Å²) < 4.78 is 6.92. The van der Waals surface area contributed by atoms with Crippen LogP contribution < -0.4 is 17.0 Å². The third-order valence-corrected chi connectivity index (χ3v) is 10.2. The van der Waals surface area contributed by atoms with E-state index < -0.39 is 11.6 Å². The number of halogens is 1. The Morgan fingerprint density at radius 1 is 0.896 bits per heavy atom. The number of ether oxygens (including phenoxy) is 1. The van der Waals surface area contributed by atoms with Gasteiger partial charge >= 0.3 is 5.97 Å². The predicted octanol–water partition coefficient (Wildman–Crippen LogP) is 3.63. The van der Waals surface area contributed by atoms with E-state index in [1.165, 1.54) is 42.6 Å². The first kappa shape index (κ1) is 35.7. The number of likely N-dealkylation sites (tertiary alicyclic amines) is 1. The van der Waals surface area contributed by atoms with E-state index in [9.17, 15) is 9.90 Å². The summed E-state index contributed by atoms with van der Waals surface area (Å²) in [5.74, 6) is -0.157. The molecule has 7 heteroatoms. The second-order valence-electron chi connectivity index (χ2n) is 13.7. The topological polar surface area (TPSA) is 62.7 Å². The van der Waals surface area contributed by atoms with Crippen molar-refractivity contribution >= 4 is 11.5 Å². The van der Waals surface area contributed by atoms with Gasteiger partial charge < -0.3 is 31.3 Å². The maximum Gasteiger partial charge on any atom is 0.348 e. The van der Waals surface area contributed by atoms with E-state index >= 15 is 0 Å². The maximum absolute atomic E-state index is 13.2. The number of benzene rings is 3. The van der Waals surface area contributed by atoms with Gasteiger partial charge in [0.25, 0.3) is 0 Å². The molecule has 0 amide bonds. The highest BCUT2D eigenvalue weighted by Crippen LogP contribution is 2.37. The van der Waals surface area contributed by atoms with Gasteiger partial charge in [-0.1, -0.05) is 103 Å². The molecule has 4 aliphatic heterocycles. The maximum atomic E-state index is 13.2. The van der Waals surface area contributed by atoms with E-state index in [0.29, 0.717) is 17.0 Å². The Balaban J connectivity index is 0.000000188. The van der Waals surface area contributed by atoms with E-state index in [-0.39, 0.29) is 23.1 Å². The van der Waals surface area contributed by atoms with Gasteiger partial charge in [0.2, 0.25) is 5.60 Å². The first-order valence-electron chi connectivity index (χ1n) is 17.1. The molecule has 4 aliphatic rings. The predicted molar refractivity (Wildman–Crippen MR) is 187 cm³/mol. The SMILES string of the molecule is C[N+]12CCC(CC1)C(OC(=O)C(O)(c1ccccc1)c1ccccc1)C2.Cc1ccc(/C(=C\CN2CCCC2)c2ccccn2)cc1.[Br-]. The van der Waals surface area contributed by atoms with Gasteiger partial charge in [-0.3, -0.25) is 9.88 Å². The number of hydrogen-bond acceptors (Lipinski definition) is 5. The number of aromatic nitrogens is 1. The van der Waals surface area contributed by atoms with Crippen molar-refractivity contribution in [1.29, 1.82) is 0 Å². The molecule has 0 aliphatic carbocycles. The van der Waals surface area contributed by atoms with Gasteiger partial charge in [-0.15, -0.1) is 0 Å². The van der Waals surface area contributed by atoms with Crippen LogP contribution >= 0.6 is 0 Å². The number of quaternary nitrogens is 1. The third kappa shape index (κ3) is 8.32. The molecule has 1 N–H and O–H groups in total. The highest BCUT2D eigenvalue weighted by atomic mass is 79.9. The highest BCUT2D eigenvalue weighted by molar-refractivity contribution is 5.85. The minimum absolute atomic E-state index is 0. The fraction of sp³-hybridized carbons (Fsp3) is 0.366. The molecule has 4 aromatic rings. The first-order valence-corrected chi connectivity index (χ1v) is 17.1. The van der Waals surface area contributed by atoms with Crippen molar-refractivity contribution in [2.24, 2.45) is 5.92 Å². The fourth-order valence-electron chi connectivity index (χ4n) is 7.28. The zero-order chi connectivity index (χ0) is 32.7. The Hall–Kier alpha value is -3.62. The summed E-state index contributed by atoms with van der Waals surface area (Å²) in [6.45, 7) is 8.73. The largest absolute Gasteiger partial charge is 1.00 e. The molecule has 4 fully saturated rings. The normalized spacial score (nSPS) is 22.3. The monoisotopic (exact) mass is 709 g/mol. The highest BCUT2D eigenvalue weighted by Gasteiger charge is 2.49. The van der Waals surface area contributed by atoms with E-state index in [2.05, 4.69) is 66.3 Å². The molecule has 2 bridgehead atoms. The minimum atomic E-state index is -1.78. The summed E-state index contributed by atoms with van der Waals surface area (Å²) in [5.41, 5.74) is 4.13. The van der Waals surface area contributed by atoms with Gasteiger partial charge in [0.1, 0.15) is 6.54 Å². The molecule has 3 aromatic carbocycles. The second-order valence-corrected chi connectivity index (χ2v) is 13.7. The minimum Gasteiger partial charge on any atom is -1.00 e. The molecule has 1 aromatic heterocycles. The van der Waals surface area contributed by atoms with Gasteiger partial charge in [0.15, 0.2) is 6.10 Å². The van der Waals surface area contributed by atoms with Crippen LogP contribution in [0, 0.1) is 12.8 Å². The van der Waals surface area contributed by atoms with Crippen LogP contribution in [-0.4, -0.2) is 77.9 Å². The zero-order valence-corrected chi connectivity index (χ0v) is 29.8. The van der Waals surface area contributed by atoms with Crippen molar-refractivity contribution in [3.8, 4) is 0 Å². The molecule has 0 spiro atoms. The summed E-state index contributed by atoms with van der Waals surface area (Å²) in [5, 5.41) is 11.5. The van der Waals surface area contributed by atoms with Gasteiger partial charge in [-0.05, 0) is 61.7 Å². The first-order chi connectivity index (χ1) is 22.8. The zero-order valence-electron chi connectivity index (χ0n) is 28.2. The number of aryl methyl sites for hydroxylation is 1. The van der Waals surface area contributed by atoms with Crippen LogP contribution in [0.25, 0.3) is 5.57 Å².